The molecule has 10 nitrogen and oxygen atoms in total. The highest BCUT2D eigenvalue weighted by atomic mass is 19.4. The first-order chi connectivity index (χ1) is 21.5. The molecule has 2 aromatic carbocycles. The molecule has 45 heavy (non-hydrogen) atoms. The van der Waals surface area contributed by atoms with Gasteiger partial charge in [-0.25, -0.2) is 0 Å². The van der Waals surface area contributed by atoms with Gasteiger partial charge in [-0.3, -0.25) is 14.4 Å². The number of carbonyl (C=O) groups excluding carboxylic acids is 3. The summed E-state index contributed by atoms with van der Waals surface area (Å²) in [6.07, 6.45) is -3.04. The molecule has 3 N–H and O–H groups in total. The molecule has 0 atom stereocenters. The second kappa shape index (κ2) is 14.7. The number of amides is 2. The van der Waals surface area contributed by atoms with Crippen molar-refractivity contribution in [3.05, 3.63) is 53.7 Å². The lowest BCUT2D eigenvalue weighted by Crippen LogP contribution is -2.42. The Hall–Kier alpha value is -4.86. The predicted octanol–water partition coefficient (Wildman–Crippen LogP) is 4.39. The summed E-state index contributed by atoms with van der Waals surface area (Å²) in [6, 6.07) is 11.7. The molecule has 0 radical (unpaired) electrons. The smallest absolute Gasteiger partial charge is 0.406 e. The number of hydrogen-bond donors (Lipinski definition) is 3. The van der Waals surface area contributed by atoms with Crippen LogP contribution in [0.3, 0.4) is 0 Å². The van der Waals surface area contributed by atoms with Crippen LogP contribution in [0.15, 0.2) is 42.5 Å². The molecule has 240 valence electrons. The average molecular weight is 628 g/mol. The highest BCUT2D eigenvalue weighted by molar-refractivity contribution is 5.95. The highest BCUT2D eigenvalue weighted by Crippen LogP contribution is 2.31. The summed E-state index contributed by atoms with van der Waals surface area (Å²) in [5, 5.41) is 9.70. The molecule has 1 saturated heterocycles. The van der Waals surface area contributed by atoms with E-state index in [2.05, 4.69) is 32.5 Å². The van der Waals surface area contributed by atoms with Crippen molar-refractivity contribution < 1.29 is 37.0 Å². The van der Waals surface area contributed by atoms with Gasteiger partial charge >= 0.3 is 12.1 Å². The number of anilines is 2. The molecular formula is C32H36F3N5O5. The molecule has 0 bridgehead atoms. The van der Waals surface area contributed by atoms with Crippen LogP contribution in [0.2, 0.25) is 0 Å². The van der Waals surface area contributed by atoms with E-state index in [9.17, 15) is 27.6 Å². The average Bonchev–Trinajstić information content (AvgIpc) is 3.38. The van der Waals surface area contributed by atoms with Gasteiger partial charge in [0.1, 0.15) is 12.3 Å². The lowest BCUT2D eigenvalue weighted by molar-refractivity contribution is -0.143. The number of aromatic nitrogens is 1. The third-order valence-electron chi connectivity index (χ3n) is 7.54. The lowest BCUT2D eigenvalue weighted by atomic mass is 10.0. The Balaban J connectivity index is 1.49. The van der Waals surface area contributed by atoms with Crippen LogP contribution in [0, 0.1) is 11.8 Å². The molecule has 2 heterocycles. The number of ether oxygens (including phenoxy) is 2. The molecule has 2 amide bonds. The molecule has 0 unspecified atom stereocenters. The second-order valence-electron chi connectivity index (χ2n) is 10.5. The summed E-state index contributed by atoms with van der Waals surface area (Å²) in [7, 11) is 4.28. The normalized spacial score (nSPS) is 13.5. The second-order valence-corrected chi connectivity index (χ2v) is 10.5. The van der Waals surface area contributed by atoms with E-state index in [4.69, 9.17) is 4.74 Å². The van der Waals surface area contributed by atoms with Crippen LogP contribution in [0.1, 0.15) is 41.7 Å². The molecular weight excluding hydrogens is 591 g/mol. The Bertz CT molecular complexity index is 1600. The van der Waals surface area contributed by atoms with Crippen molar-refractivity contribution in [3.8, 4) is 17.6 Å². The van der Waals surface area contributed by atoms with Crippen LogP contribution in [0.5, 0.6) is 5.75 Å². The number of halogens is 3. The minimum atomic E-state index is -4.46. The van der Waals surface area contributed by atoms with Crippen LogP contribution in [0.4, 0.5) is 24.5 Å². The number of benzene rings is 2. The highest BCUT2D eigenvalue weighted by Gasteiger charge is 2.30. The Morgan fingerprint density at radius 3 is 2.44 bits per heavy atom. The number of piperidine rings is 1. The number of nitrogens with one attached hydrogen (secondary N) is 3. The fraction of sp³-hybridized carbons (Fsp3) is 0.406. The maximum absolute atomic E-state index is 13.6. The minimum absolute atomic E-state index is 0.00901. The zero-order valence-electron chi connectivity index (χ0n) is 25.3. The molecule has 0 aliphatic carbocycles. The quantitative estimate of drug-likeness (QED) is 0.226. The predicted molar refractivity (Wildman–Crippen MR) is 164 cm³/mol. The first-order valence-electron chi connectivity index (χ1n) is 14.5. The van der Waals surface area contributed by atoms with Crippen molar-refractivity contribution in [2.45, 2.75) is 44.4 Å². The van der Waals surface area contributed by atoms with Crippen LogP contribution >= 0.6 is 0 Å². The maximum Gasteiger partial charge on any atom is 0.406 e. The Labute approximate surface area is 259 Å². The Morgan fingerprint density at radius 2 is 1.78 bits per heavy atom. The van der Waals surface area contributed by atoms with Gasteiger partial charge in [0, 0.05) is 49.2 Å². The largest absolute Gasteiger partial charge is 0.495 e. The van der Waals surface area contributed by atoms with E-state index in [1.807, 2.05) is 6.07 Å². The molecule has 0 spiro atoms. The van der Waals surface area contributed by atoms with Crippen molar-refractivity contribution >= 4 is 40.1 Å². The molecule has 1 fully saturated rings. The van der Waals surface area contributed by atoms with E-state index in [0.29, 0.717) is 59.5 Å². The van der Waals surface area contributed by atoms with Crippen LogP contribution in [0.25, 0.3) is 10.9 Å². The topological polar surface area (TPSA) is 114 Å². The van der Waals surface area contributed by atoms with E-state index >= 15 is 0 Å². The fourth-order valence-electron chi connectivity index (χ4n) is 5.22. The first kappa shape index (κ1) is 33.0. The zero-order valence-corrected chi connectivity index (χ0v) is 25.3. The van der Waals surface area contributed by atoms with Gasteiger partial charge in [-0.15, -0.1) is 0 Å². The standard InChI is InChI=1S/C32H36F3N5O5/c1-36-31(43)21-9-10-26(28(18-21)44-2)37-15-5-6-23-19-24-25(7-4-8-27(24)40(23)20-32(33,34)35)38-22-13-16-39(17-14-22)29(41)11-12-30(42)45-3/h4,7-10,18-19,22,37-38H,11-17,20H2,1-3H3,(H,36,43). The van der Waals surface area contributed by atoms with E-state index in [0.717, 1.165) is 4.57 Å². The molecule has 1 aliphatic heterocycles. The van der Waals surface area contributed by atoms with Gasteiger partial charge in [-0.05, 0) is 55.2 Å². The summed E-state index contributed by atoms with van der Waals surface area (Å²) in [4.78, 5) is 37.4. The van der Waals surface area contributed by atoms with Crippen molar-refractivity contribution in [1.82, 2.24) is 14.8 Å². The SMILES string of the molecule is CNC(=O)c1ccc(NCC#Cc2cc3c(NC4CCN(C(=O)CCC(=O)OC)CC4)cccc3n2CC(F)(F)F)c(OC)c1. The number of rotatable bonds is 10. The zero-order chi connectivity index (χ0) is 32.6. The van der Waals surface area contributed by atoms with Crippen molar-refractivity contribution in [1.29, 1.82) is 0 Å². The van der Waals surface area contributed by atoms with Gasteiger partial charge < -0.3 is 34.9 Å². The third-order valence-corrected chi connectivity index (χ3v) is 7.54. The monoisotopic (exact) mass is 627 g/mol. The molecule has 0 saturated carbocycles. The van der Waals surface area contributed by atoms with Crippen molar-refractivity contribution in [2.24, 2.45) is 0 Å². The number of hydrogen-bond acceptors (Lipinski definition) is 7. The maximum atomic E-state index is 13.6. The number of likely N-dealkylation sites (tertiary alicyclic amines) is 1. The van der Waals surface area contributed by atoms with Gasteiger partial charge in [0.05, 0.1) is 44.1 Å². The van der Waals surface area contributed by atoms with Gasteiger partial charge in [0.2, 0.25) is 5.91 Å². The number of fused-ring (bicyclic) bond motifs is 1. The van der Waals surface area contributed by atoms with Crippen LogP contribution < -0.4 is 20.7 Å². The van der Waals surface area contributed by atoms with E-state index in [1.54, 1.807) is 41.3 Å². The van der Waals surface area contributed by atoms with Gasteiger partial charge in [0.15, 0.2) is 0 Å². The van der Waals surface area contributed by atoms with Crippen molar-refractivity contribution in [3.63, 3.8) is 0 Å². The number of methoxy groups -OCH3 is 2. The summed E-state index contributed by atoms with van der Waals surface area (Å²) >= 11 is 0. The van der Waals surface area contributed by atoms with E-state index in [-0.39, 0.29) is 42.9 Å². The number of carbonyl (C=O) groups is 3. The first-order valence-corrected chi connectivity index (χ1v) is 14.5. The fourth-order valence-corrected chi connectivity index (χ4v) is 5.22. The molecule has 13 heteroatoms. The third kappa shape index (κ3) is 8.62. The van der Waals surface area contributed by atoms with Crippen molar-refractivity contribution in [2.75, 3.05) is 51.5 Å². The molecule has 1 aliphatic rings. The van der Waals surface area contributed by atoms with Crippen LogP contribution in [-0.2, 0) is 20.9 Å². The number of nitrogens with zero attached hydrogens (tertiary/aromatic N) is 2. The summed E-state index contributed by atoms with van der Waals surface area (Å²) in [6.45, 7) is -0.0684. The molecule has 1 aromatic heterocycles. The lowest BCUT2D eigenvalue weighted by Gasteiger charge is -2.33. The summed E-state index contributed by atoms with van der Waals surface area (Å²) < 4.78 is 52.0. The summed E-state index contributed by atoms with van der Waals surface area (Å²) in [5.41, 5.74) is 2.30. The van der Waals surface area contributed by atoms with E-state index < -0.39 is 18.7 Å². The minimum Gasteiger partial charge on any atom is -0.495 e. The van der Waals surface area contributed by atoms with Gasteiger partial charge in [-0.1, -0.05) is 12.0 Å². The summed E-state index contributed by atoms with van der Waals surface area (Å²) in [5.74, 6) is 5.41. The Kier molecular flexibility index (Phi) is 10.8. The van der Waals surface area contributed by atoms with Gasteiger partial charge in [-0.2, -0.15) is 13.2 Å². The van der Waals surface area contributed by atoms with E-state index in [1.165, 1.54) is 21.3 Å². The molecule has 3 aromatic rings. The van der Waals surface area contributed by atoms with Crippen LogP contribution in [-0.4, -0.2) is 80.4 Å². The molecule has 4 rings (SSSR count). The number of alkyl halides is 3. The Morgan fingerprint density at radius 1 is 1.02 bits per heavy atom. The number of esters is 1. The van der Waals surface area contributed by atoms with Gasteiger partial charge in [0.25, 0.3) is 5.91 Å².